The largest absolute Gasteiger partial charge is 0.0651 e. The Morgan fingerprint density at radius 1 is 0.714 bits per heavy atom. The molecule has 0 spiro atoms. The van der Waals surface area contributed by atoms with Crippen molar-refractivity contribution in [3.05, 3.63) is 0 Å². The first kappa shape index (κ1) is 14.0. The first-order valence-corrected chi connectivity index (χ1v) is 6.56. The van der Waals surface area contributed by atoms with Gasteiger partial charge in [-0.1, -0.05) is 60.8 Å². The fraction of sp³-hybridized carbons (Fsp3) is 1.00. The SMILES string of the molecule is CCC(C)C(CC)CC(CC)C(C)C. The molecule has 0 heteroatoms. The molecule has 0 fully saturated rings. The Kier molecular flexibility index (Phi) is 7.31. The summed E-state index contributed by atoms with van der Waals surface area (Å²) >= 11 is 0. The quantitative estimate of drug-likeness (QED) is 0.532. The molecule has 0 nitrogen and oxygen atoms in total. The summed E-state index contributed by atoms with van der Waals surface area (Å²) in [6.45, 7) is 14.2. The van der Waals surface area contributed by atoms with Crippen molar-refractivity contribution in [2.75, 3.05) is 0 Å². The Bertz CT molecular complexity index is 126. The summed E-state index contributed by atoms with van der Waals surface area (Å²) in [6, 6.07) is 0. The van der Waals surface area contributed by atoms with Gasteiger partial charge in [-0.25, -0.2) is 0 Å². The van der Waals surface area contributed by atoms with E-state index in [9.17, 15) is 0 Å². The highest BCUT2D eigenvalue weighted by Crippen LogP contribution is 2.30. The summed E-state index contributed by atoms with van der Waals surface area (Å²) in [7, 11) is 0. The van der Waals surface area contributed by atoms with Gasteiger partial charge < -0.3 is 0 Å². The molecule has 0 aliphatic heterocycles. The van der Waals surface area contributed by atoms with Crippen LogP contribution in [0.1, 0.15) is 67.2 Å². The van der Waals surface area contributed by atoms with Crippen molar-refractivity contribution >= 4 is 0 Å². The average Bonchev–Trinajstić information content (AvgIpc) is 2.18. The molecule has 0 aliphatic carbocycles. The Labute approximate surface area is 91.5 Å². The summed E-state index contributed by atoms with van der Waals surface area (Å²) in [5.74, 6) is 3.66. The molecule has 0 saturated heterocycles. The van der Waals surface area contributed by atoms with Gasteiger partial charge in [0.15, 0.2) is 0 Å². The van der Waals surface area contributed by atoms with E-state index < -0.39 is 0 Å². The van der Waals surface area contributed by atoms with E-state index in [1.54, 1.807) is 0 Å². The lowest BCUT2D eigenvalue weighted by molar-refractivity contribution is 0.227. The number of hydrogen-bond donors (Lipinski definition) is 0. The number of hydrogen-bond acceptors (Lipinski definition) is 0. The Balaban J connectivity index is 4.13. The van der Waals surface area contributed by atoms with Gasteiger partial charge in [0, 0.05) is 0 Å². The van der Waals surface area contributed by atoms with Gasteiger partial charge in [-0.2, -0.15) is 0 Å². The van der Waals surface area contributed by atoms with Crippen LogP contribution >= 0.6 is 0 Å². The zero-order valence-electron chi connectivity index (χ0n) is 11.1. The molecule has 0 radical (unpaired) electrons. The Morgan fingerprint density at radius 2 is 1.21 bits per heavy atom. The first-order chi connectivity index (χ1) is 6.56. The molecule has 14 heavy (non-hydrogen) atoms. The van der Waals surface area contributed by atoms with E-state index in [-0.39, 0.29) is 0 Å². The van der Waals surface area contributed by atoms with Crippen molar-refractivity contribution in [1.82, 2.24) is 0 Å². The highest BCUT2D eigenvalue weighted by Gasteiger charge is 2.20. The minimum atomic E-state index is 0.859. The Hall–Kier alpha value is 0. The van der Waals surface area contributed by atoms with Crippen molar-refractivity contribution in [2.45, 2.75) is 67.2 Å². The van der Waals surface area contributed by atoms with Gasteiger partial charge >= 0.3 is 0 Å². The second-order valence-corrected chi connectivity index (χ2v) is 5.20. The lowest BCUT2D eigenvalue weighted by atomic mass is 9.78. The standard InChI is InChI=1S/C14H30/c1-7-12(6)14(9-3)10-13(8-2)11(4)5/h11-14H,7-10H2,1-6H3. The smallest absolute Gasteiger partial charge is 0.0388 e. The molecule has 0 heterocycles. The zero-order chi connectivity index (χ0) is 11.1. The lowest BCUT2D eigenvalue weighted by Gasteiger charge is -2.28. The van der Waals surface area contributed by atoms with Crippen LogP contribution in [0.3, 0.4) is 0 Å². The summed E-state index contributed by atoms with van der Waals surface area (Å²) in [5, 5.41) is 0. The fourth-order valence-electron chi connectivity index (χ4n) is 2.43. The van der Waals surface area contributed by atoms with E-state index in [1.165, 1.54) is 25.7 Å². The third-order valence-corrected chi connectivity index (χ3v) is 4.05. The molecular weight excluding hydrogens is 168 g/mol. The second-order valence-electron chi connectivity index (χ2n) is 5.20. The minimum Gasteiger partial charge on any atom is -0.0651 e. The summed E-state index contributed by atoms with van der Waals surface area (Å²) in [4.78, 5) is 0. The maximum absolute atomic E-state index is 2.42. The average molecular weight is 198 g/mol. The molecule has 0 bridgehead atoms. The molecule has 86 valence electrons. The van der Waals surface area contributed by atoms with Crippen molar-refractivity contribution in [3.63, 3.8) is 0 Å². The molecule has 3 unspecified atom stereocenters. The van der Waals surface area contributed by atoms with Crippen molar-refractivity contribution in [2.24, 2.45) is 23.7 Å². The van der Waals surface area contributed by atoms with Gasteiger partial charge in [-0.15, -0.1) is 0 Å². The highest BCUT2D eigenvalue weighted by molar-refractivity contribution is 4.70. The third kappa shape index (κ3) is 4.48. The molecule has 0 N–H and O–H groups in total. The fourth-order valence-corrected chi connectivity index (χ4v) is 2.43. The van der Waals surface area contributed by atoms with Crippen molar-refractivity contribution in [3.8, 4) is 0 Å². The van der Waals surface area contributed by atoms with Crippen LogP contribution in [-0.4, -0.2) is 0 Å². The van der Waals surface area contributed by atoms with Crippen molar-refractivity contribution in [1.29, 1.82) is 0 Å². The van der Waals surface area contributed by atoms with E-state index in [1.807, 2.05) is 0 Å². The van der Waals surface area contributed by atoms with Crippen LogP contribution in [0, 0.1) is 23.7 Å². The van der Waals surface area contributed by atoms with Crippen LogP contribution in [0.2, 0.25) is 0 Å². The van der Waals surface area contributed by atoms with E-state index in [2.05, 4.69) is 41.5 Å². The molecule has 0 aromatic carbocycles. The van der Waals surface area contributed by atoms with Gasteiger partial charge in [0.25, 0.3) is 0 Å². The Morgan fingerprint density at radius 3 is 1.50 bits per heavy atom. The van der Waals surface area contributed by atoms with Gasteiger partial charge in [-0.3, -0.25) is 0 Å². The maximum Gasteiger partial charge on any atom is -0.0388 e. The summed E-state index contributed by atoms with van der Waals surface area (Å²) < 4.78 is 0. The normalized spacial score (nSPS) is 18.2. The van der Waals surface area contributed by atoms with Crippen LogP contribution in [0.4, 0.5) is 0 Å². The third-order valence-electron chi connectivity index (χ3n) is 4.05. The van der Waals surface area contributed by atoms with Crippen LogP contribution < -0.4 is 0 Å². The van der Waals surface area contributed by atoms with Crippen LogP contribution in [-0.2, 0) is 0 Å². The van der Waals surface area contributed by atoms with Crippen LogP contribution in [0.15, 0.2) is 0 Å². The van der Waals surface area contributed by atoms with E-state index in [0.29, 0.717) is 0 Å². The zero-order valence-corrected chi connectivity index (χ0v) is 11.1. The molecule has 0 aliphatic rings. The summed E-state index contributed by atoms with van der Waals surface area (Å²) in [6.07, 6.45) is 5.50. The number of rotatable bonds is 7. The van der Waals surface area contributed by atoms with E-state index in [4.69, 9.17) is 0 Å². The molecule has 3 atom stereocenters. The van der Waals surface area contributed by atoms with Gasteiger partial charge in [-0.05, 0) is 30.1 Å². The molecule has 0 aromatic heterocycles. The minimum absolute atomic E-state index is 0.859. The molecule has 0 saturated carbocycles. The van der Waals surface area contributed by atoms with Crippen LogP contribution in [0.25, 0.3) is 0 Å². The van der Waals surface area contributed by atoms with Gasteiger partial charge in [0.1, 0.15) is 0 Å². The molecule has 0 aromatic rings. The van der Waals surface area contributed by atoms with Gasteiger partial charge in [0.05, 0.1) is 0 Å². The molecule has 0 amide bonds. The van der Waals surface area contributed by atoms with Crippen LogP contribution in [0.5, 0.6) is 0 Å². The van der Waals surface area contributed by atoms with E-state index in [0.717, 1.165) is 23.7 Å². The first-order valence-electron chi connectivity index (χ1n) is 6.56. The topological polar surface area (TPSA) is 0 Å². The summed E-state index contributed by atoms with van der Waals surface area (Å²) in [5.41, 5.74) is 0. The predicted molar refractivity (Wildman–Crippen MR) is 66.5 cm³/mol. The lowest BCUT2D eigenvalue weighted by Crippen LogP contribution is -2.18. The van der Waals surface area contributed by atoms with Gasteiger partial charge in [0.2, 0.25) is 0 Å². The predicted octanol–water partition coefficient (Wildman–Crippen LogP) is 5.13. The second kappa shape index (κ2) is 7.31. The maximum atomic E-state index is 2.42. The molecule has 0 rings (SSSR count). The molecular formula is C14H30. The van der Waals surface area contributed by atoms with Crippen molar-refractivity contribution < 1.29 is 0 Å². The van der Waals surface area contributed by atoms with E-state index >= 15 is 0 Å². The highest BCUT2D eigenvalue weighted by atomic mass is 14.3. The monoisotopic (exact) mass is 198 g/mol.